The number of amides is 1. The number of likely N-dealkylation sites (tertiary alicyclic amines) is 1. The molecule has 5 nitrogen and oxygen atoms in total. The molecule has 2 atom stereocenters. The quantitative estimate of drug-likeness (QED) is 0.616. The minimum Gasteiger partial charge on any atom is -0.359 e. The van der Waals surface area contributed by atoms with E-state index in [1.54, 1.807) is 7.05 Å². The smallest absolute Gasteiger partial charge is 0.220 e. The molecule has 1 saturated heterocycles. The topological polar surface area (TPSA) is 56.7 Å². The van der Waals surface area contributed by atoms with Crippen LogP contribution in [0.4, 0.5) is 0 Å². The molecule has 0 aromatic carbocycles. The first-order chi connectivity index (χ1) is 11.1. The van der Waals surface area contributed by atoms with Gasteiger partial charge in [0.25, 0.3) is 0 Å². The Bertz CT molecular complexity index is 402. The van der Waals surface area contributed by atoms with Crippen LogP contribution in [-0.2, 0) is 4.79 Å². The zero-order valence-electron chi connectivity index (χ0n) is 15.1. The van der Waals surface area contributed by atoms with E-state index in [1.807, 2.05) is 7.05 Å². The van der Waals surface area contributed by atoms with E-state index >= 15 is 0 Å². The van der Waals surface area contributed by atoms with Gasteiger partial charge in [0.1, 0.15) is 0 Å². The summed E-state index contributed by atoms with van der Waals surface area (Å²) in [5.74, 6) is 3.33. The Morgan fingerprint density at radius 1 is 1.17 bits per heavy atom. The maximum absolute atomic E-state index is 11.5. The summed E-state index contributed by atoms with van der Waals surface area (Å²) in [5.41, 5.74) is 0. The minimum absolute atomic E-state index is 0.164. The first-order valence-electron chi connectivity index (χ1n) is 9.30. The van der Waals surface area contributed by atoms with E-state index in [-0.39, 0.29) is 5.91 Å². The van der Waals surface area contributed by atoms with Crippen molar-refractivity contribution in [1.29, 1.82) is 0 Å². The Kier molecular flexibility index (Phi) is 7.18. The van der Waals surface area contributed by atoms with Crippen LogP contribution < -0.4 is 10.6 Å². The van der Waals surface area contributed by atoms with E-state index < -0.39 is 0 Å². The van der Waals surface area contributed by atoms with Crippen LogP contribution in [0.3, 0.4) is 0 Å². The van der Waals surface area contributed by atoms with Gasteiger partial charge in [0, 0.05) is 40.2 Å². The van der Waals surface area contributed by atoms with E-state index in [0.717, 1.165) is 50.3 Å². The normalized spacial score (nSPS) is 26.9. The lowest BCUT2D eigenvalue weighted by atomic mass is 9.80. The maximum Gasteiger partial charge on any atom is 0.220 e. The van der Waals surface area contributed by atoms with E-state index in [9.17, 15) is 4.79 Å². The predicted molar refractivity (Wildman–Crippen MR) is 95.5 cm³/mol. The molecular formula is C18H34N4O. The molecule has 0 spiro atoms. The van der Waals surface area contributed by atoms with Crippen molar-refractivity contribution < 1.29 is 4.79 Å². The average Bonchev–Trinajstić information content (AvgIpc) is 2.58. The SMILES string of the molecule is CN=C(NCC1CCCCC1C)N1CCC(CC(=O)NC)CC1. The van der Waals surface area contributed by atoms with Crippen LogP contribution in [0.25, 0.3) is 0 Å². The third-order valence-corrected chi connectivity index (χ3v) is 5.69. The number of piperidine rings is 1. The monoisotopic (exact) mass is 322 g/mol. The highest BCUT2D eigenvalue weighted by Gasteiger charge is 2.25. The molecule has 0 aromatic rings. The van der Waals surface area contributed by atoms with Gasteiger partial charge in [0.2, 0.25) is 5.91 Å². The summed E-state index contributed by atoms with van der Waals surface area (Å²) in [6, 6.07) is 0. The number of carbonyl (C=O) groups excluding carboxylic acids is 1. The molecule has 2 N–H and O–H groups in total. The second-order valence-electron chi connectivity index (χ2n) is 7.26. The minimum atomic E-state index is 0.164. The Morgan fingerprint density at radius 2 is 1.87 bits per heavy atom. The summed E-state index contributed by atoms with van der Waals surface area (Å²) >= 11 is 0. The Labute approximate surface area is 141 Å². The summed E-state index contributed by atoms with van der Waals surface area (Å²) in [4.78, 5) is 18.3. The Balaban J connectivity index is 1.75. The fourth-order valence-corrected chi connectivity index (χ4v) is 3.96. The molecule has 1 amide bonds. The van der Waals surface area contributed by atoms with Crippen LogP contribution in [0.2, 0.25) is 0 Å². The molecule has 1 aliphatic carbocycles. The van der Waals surface area contributed by atoms with Crippen LogP contribution in [0, 0.1) is 17.8 Å². The number of rotatable bonds is 4. The Hall–Kier alpha value is -1.26. The van der Waals surface area contributed by atoms with Crippen LogP contribution in [0.1, 0.15) is 51.9 Å². The number of carbonyl (C=O) groups is 1. The maximum atomic E-state index is 11.5. The highest BCUT2D eigenvalue weighted by molar-refractivity contribution is 5.80. The molecule has 2 aliphatic rings. The number of nitrogens with zero attached hydrogens (tertiary/aromatic N) is 2. The molecule has 5 heteroatoms. The highest BCUT2D eigenvalue weighted by Crippen LogP contribution is 2.29. The van der Waals surface area contributed by atoms with Crippen molar-refractivity contribution in [3.05, 3.63) is 0 Å². The van der Waals surface area contributed by atoms with Crippen LogP contribution >= 0.6 is 0 Å². The third kappa shape index (κ3) is 5.40. The summed E-state index contributed by atoms with van der Waals surface area (Å²) < 4.78 is 0. The summed E-state index contributed by atoms with van der Waals surface area (Å²) in [5, 5.41) is 6.33. The van der Waals surface area contributed by atoms with Gasteiger partial charge >= 0.3 is 0 Å². The molecular weight excluding hydrogens is 288 g/mol. The molecule has 1 aliphatic heterocycles. The van der Waals surface area contributed by atoms with Gasteiger partial charge in [-0.2, -0.15) is 0 Å². The summed E-state index contributed by atoms with van der Waals surface area (Å²) in [7, 11) is 3.60. The van der Waals surface area contributed by atoms with E-state index in [0.29, 0.717) is 12.3 Å². The van der Waals surface area contributed by atoms with Gasteiger partial charge in [-0.1, -0.05) is 26.2 Å². The number of guanidine groups is 1. The second kappa shape index (κ2) is 9.14. The van der Waals surface area contributed by atoms with E-state index in [4.69, 9.17) is 0 Å². The van der Waals surface area contributed by atoms with Gasteiger partial charge in [-0.25, -0.2) is 0 Å². The number of hydrogen-bond donors (Lipinski definition) is 2. The molecule has 2 fully saturated rings. The van der Waals surface area contributed by atoms with Crippen molar-refractivity contribution in [2.45, 2.75) is 51.9 Å². The lowest BCUT2D eigenvalue weighted by Gasteiger charge is -2.35. The lowest BCUT2D eigenvalue weighted by Crippen LogP contribution is -2.47. The largest absolute Gasteiger partial charge is 0.359 e. The molecule has 2 rings (SSSR count). The lowest BCUT2D eigenvalue weighted by molar-refractivity contribution is -0.121. The van der Waals surface area contributed by atoms with Crippen LogP contribution in [0.15, 0.2) is 4.99 Å². The number of nitrogens with one attached hydrogen (secondary N) is 2. The van der Waals surface area contributed by atoms with Crippen molar-refractivity contribution in [3.63, 3.8) is 0 Å². The van der Waals surface area contributed by atoms with Gasteiger partial charge in [-0.3, -0.25) is 9.79 Å². The van der Waals surface area contributed by atoms with Crippen molar-refractivity contribution >= 4 is 11.9 Å². The van der Waals surface area contributed by atoms with Crippen LogP contribution in [-0.4, -0.2) is 50.5 Å². The molecule has 0 aromatic heterocycles. The van der Waals surface area contributed by atoms with Crippen molar-refractivity contribution in [2.24, 2.45) is 22.7 Å². The number of aliphatic imine (C=N–C) groups is 1. The van der Waals surface area contributed by atoms with Gasteiger partial charge in [-0.05, 0) is 37.0 Å². The first kappa shape index (κ1) is 18.1. The van der Waals surface area contributed by atoms with Crippen LogP contribution in [0.5, 0.6) is 0 Å². The fourth-order valence-electron chi connectivity index (χ4n) is 3.96. The van der Waals surface area contributed by atoms with E-state index in [2.05, 4.69) is 27.4 Å². The van der Waals surface area contributed by atoms with Gasteiger partial charge in [0.15, 0.2) is 5.96 Å². The van der Waals surface area contributed by atoms with Crippen molar-refractivity contribution in [3.8, 4) is 0 Å². The first-order valence-corrected chi connectivity index (χ1v) is 9.30. The van der Waals surface area contributed by atoms with Gasteiger partial charge < -0.3 is 15.5 Å². The fraction of sp³-hybridized carbons (Fsp3) is 0.889. The molecule has 23 heavy (non-hydrogen) atoms. The second-order valence-corrected chi connectivity index (χ2v) is 7.26. The predicted octanol–water partition coefficient (Wildman–Crippen LogP) is 2.24. The van der Waals surface area contributed by atoms with E-state index in [1.165, 1.54) is 25.7 Å². The molecule has 0 bridgehead atoms. The van der Waals surface area contributed by atoms with Gasteiger partial charge in [-0.15, -0.1) is 0 Å². The number of hydrogen-bond acceptors (Lipinski definition) is 2. The molecule has 132 valence electrons. The summed E-state index contributed by atoms with van der Waals surface area (Å²) in [6.45, 7) is 5.44. The van der Waals surface area contributed by atoms with Crippen molar-refractivity contribution in [1.82, 2.24) is 15.5 Å². The third-order valence-electron chi connectivity index (χ3n) is 5.69. The standard InChI is InChI=1S/C18H34N4O/c1-14-6-4-5-7-16(14)13-21-18(20-3)22-10-8-15(9-11-22)12-17(23)19-2/h14-16H,4-13H2,1-3H3,(H,19,23)(H,20,21). The average molecular weight is 322 g/mol. The molecule has 2 unspecified atom stereocenters. The zero-order valence-corrected chi connectivity index (χ0v) is 15.1. The zero-order chi connectivity index (χ0) is 16.7. The Morgan fingerprint density at radius 3 is 2.48 bits per heavy atom. The molecule has 1 heterocycles. The molecule has 0 radical (unpaired) electrons. The molecule has 1 saturated carbocycles. The summed E-state index contributed by atoms with van der Waals surface area (Å²) in [6.07, 6.45) is 8.30. The highest BCUT2D eigenvalue weighted by atomic mass is 16.1. The van der Waals surface area contributed by atoms with Crippen molar-refractivity contribution in [2.75, 3.05) is 33.7 Å². The van der Waals surface area contributed by atoms with Gasteiger partial charge in [0.05, 0.1) is 0 Å².